The van der Waals surface area contributed by atoms with Gasteiger partial charge in [-0.15, -0.1) is 11.3 Å². The Bertz CT molecular complexity index is 927. The normalized spacial score (nSPS) is 12.0. The first-order valence-electron chi connectivity index (χ1n) is 7.33. The van der Waals surface area contributed by atoms with Crippen molar-refractivity contribution in [1.82, 2.24) is 4.68 Å². The molecule has 0 unspecified atom stereocenters. The number of aromatic hydroxyl groups is 1. The Morgan fingerprint density at radius 1 is 1.17 bits per heavy atom. The smallest absolute Gasteiger partial charge is 0.205 e. The largest absolute Gasteiger partial charge is 0.504 e. The number of hydrogen-bond acceptors (Lipinski definition) is 5. The number of phenolic OH excluding ortho intramolecular Hbond substituents is 1. The first-order chi connectivity index (χ1) is 11.7. The van der Waals surface area contributed by atoms with Crippen LogP contribution in [-0.2, 0) is 0 Å². The van der Waals surface area contributed by atoms with Crippen LogP contribution in [0.25, 0.3) is 11.3 Å². The summed E-state index contributed by atoms with van der Waals surface area (Å²) in [5, 5.41) is 16.3. The van der Waals surface area contributed by atoms with Crippen LogP contribution in [0.15, 0.2) is 64.0 Å². The van der Waals surface area contributed by atoms with Crippen molar-refractivity contribution in [3.8, 4) is 22.8 Å². The highest BCUT2D eigenvalue weighted by Gasteiger charge is 2.07. The van der Waals surface area contributed by atoms with Gasteiger partial charge < -0.3 is 9.84 Å². The Balaban J connectivity index is 2.02. The van der Waals surface area contributed by atoms with Gasteiger partial charge in [0.25, 0.3) is 0 Å². The van der Waals surface area contributed by atoms with E-state index in [1.165, 1.54) is 18.4 Å². The molecule has 3 rings (SSSR count). The number of nitrogens with zero attached hydrogens (tertiary/aromatic N) is 3. The third kappa shape index (κ3) is 3.23. The molecular weight excluding hydrogens is 322 g/mol. The van der Waals surface area contributed by atoms with Crippen LogP contribution in [0, 0.1) is 0 Å². The summed E-state index contributed by atoms with van der Waals surface area (Å²) in [6.45, 7) is 0. The Morgan fingerprint density at radius 2 is 1.96 bits per heavy atom. The highest BCUT2D eigenvalue weighted by Crippen LogP contribution is 2.25. The van der Waals surface area contributed by atoms with E-state index in [2.05, 4.69) is 10.1 Å². The Labute approximate surface area is 143 Å². The molecule has 0 radical (unpaired) electrons. The lowest BCUT2D eigenvalue weighted by Gasteiger charge is -2.05. The first kappa shape index (κ1) is 16.0. The van der Waals surface area contributed by atoms with Gasteiger partial charge in [0.05, 0.1) is 19.0 Å². The summed E-state index contributed by atoms with van der Waals surface area (Å²) in [4.78, 5) is 5.08. The van der Waals surface area contributed by atoms with E-state index in [1.54, 1.807) is 36.1 Å². The average Bonchev–Trinajstić information content (AvgIpc) is 3.04. The van der Waals surface area contributed by atoms with Crippen molar-refractivity contribution in [2.45, 2.75) is 0 Å². The molecule has 6 heteroatoms. The minimum atomic E-state index is 0.104. The maximum Gasteiger partial charge on any atom is 0.205 e. The summed E-state index contributed by atoms with van der Waals surface area (Å²) in [6.07, 6.45) is 1.72. The summed E-state index contributed by atoms with van der Waals surface area (Å²) >= 11 is 1.53. The molecule has 0 amide bonds. The van der Waals surface area contributed by atoms with Crippen LogP contribution in [0.5, 0.6) is 11.5 Å². The van der Waals surface area contributed by atoms with Crippen LogP contribution in [0.3, 0.4) is 0 Å². The molecule has 122 valence electrons. The van der Waals surface area contributed by atoms with Crippen LogP contribution < -0.4 is 9.54 Å². The number of methoxy groups -OCH3 is 1. The maximum atomic E-state index is 9.67. The van der Waals surface area contributed by atoms with E-state index in [1.807, 2.05) is 35.7 Å². The predicted molar refractivity (Wildman–Crippen MR) is 96.9 cm³/mol. The van der Waals surface area contributed by atoms with Gasteiger partial charge in [0.2, 0.25) is 4.80 Å². The molecule has 1 heterocycles. The van der Waals surface area contributed by atoms with Crippen molar-refractivity contribution in [2.75, 3.05) is 14.2 Å². The minimum Gasteiger partial charge on any atom is -0.504 e. The zero-order valence-corrected chi connectivity index (χ0v) is 14.2. The number of rotatable bonds is 4. The third-order valence-electron chi connectivity index (χ3n) is 3.47. The van der Waals surface area contributed by atoms with Crippen molar-refractivity contribution in [3.05, 3.63) is 64.3 Å². The molecule has 0 aliphatic heterocycles. The van der Waals surface area contributed by atoms with Crippen molar-refractivity contribution in [1.29, 1.82) is 0 Å². The van der Waals surface area contributed by atoms with E-state index >= 15 is 0 Å². The van der Waals surface area contributed by atoms with E-state index in [0.717, 1.165) is 21.6 Å². The second kappa shape index (κ2) is 7.14. The van der Waals surface area contributed by atoms with Crippen molar-refractivity contribution in [2.24, 2.45) is 10.1 Å². The van der Waals surface area contributed by atoms with Crippen molar-refractivity contribution >= 4 is 17.6 Å². The molecule has 0 spiro atoms. The van der Waals surface area contributed by atoms with Crippen molar-refractivity contribution < 1.29 is 9.84 Å². The zero-order valence-electron chi connectivity index (χ0n) is 13.4. The molecule has 0 aliphatic carbocycles. The standard InChI is InChI=1S/C18H17N3O2S/c1-19-18-21(15(12-24-18)14-6-4-3-5-7-14)20-11-13-8-9-16(22)17(10-13)23-2/h3-12,22H,1-2H3/b19-18?,20-11+. The van der Waals surface area contributed by atoms with Crippen LogP contribution >= 0.6 is 11.3 Å². The lowest BCUT2D eigenvalue weighted by molar-refractivity contribution is 0.373. The molecular formula is C18H17N3O2S. The highest BCUT2D eigenvalue weighted by atomic mass is 32.1. The van der Waals surface area contributed by atoms with E-state index in [0.29, 0.717) is 5.75 Å². The molecule has 2 aromatic carbocycles. The van der Waals surface area contributed by atoms with Gasteiger partial charge in [-0.25, -0.2) is 4.68 Å². The van der Waals surface area contributed by atoms with Gasteiger partial charge in [-0.3, -0.25) is 4.99 Å². The fourth-order valence-electron chi connectivity index (χ4n) is 2.27. The van der Waals surface area contributed by atoms with Gasteiger partial charge >= 0.3 is 0 Å². The average molecular weight is 339 g/mol. The number of phenols is 1. The predicted octanol–water partition coefficient (Wildman–Crippen LogP) is 3.34. The van der Waals surface area contributed by atoms with E-state index in [4.69, 9.17) is 4.74 Å². The van der Waals surface area contributed by atoms with Crippen LogP contribution in [0.1, 0.15) is 5.56 Å². The molecule has 5 nitrogen and oxygen atoms in total. The number of hydrogen-bond donors (Lipinski definition) is 1. The Morgan fingerprint density at radius 3 is 2.67 bits per heavy atom. The SMILES string of the molecule is CN=c1scc(-c2ccccc2)n1/N=C/c1ccc(O)c(OC)c1. The summed E-state index contributed by atoms with van der Waals surface area (Å²) in [5.41, 5.74) is 2.87. The molecule has 3 aromatic rings. The first-order valence-corrected chi connectivity index (χ1v) is 8.21. The number of thiazole rings is 1. The quantitative estimate of drug-likeness (QED) is 0.741. The Kier molecular flexibility index (Phi) is 4.77. The fourth-order valence-corrected chi connectivity index (χ4v) is 3.07. The lowest BCUT2D eigenvalue weighted by atomic mass is 10.2. The molecule has 1 aromatic heterocycles. The second-order valence-corrected chi connectivity index (χ2v) is 5.82. The molecule has 24 heavy (non-hydrogen) atoms. The van der Waals surface area contributed by atoms with Gasteiger partial charge in [0.15, 0.2) is 11.5 Å². The van der Waals surface area contributed by atoms with E-state index in [9.17, 15) is 5.11 Å². The van der Waals surface area contributed by atoms with Crippen LogP contribution in [0.4, 0.5) is 0 Å². The molecule has 0 bridgehead atoms. The second-order valence-electron chi connectivity index (χ2n) is 4.98. The van der Waals surface area contributed by atoms with E-state index in [-0.39, 0.29) is 5.75 Å². The van der Waals surface area contributed by atoms with Crippen molar-refractivity contribution in [3.63, 3.8) is 0 Å². The van der Waals surface area contributed by atoms with Gasteiger partial charge in [-0.05, 0) is 23.8 Å². The Hall–Kier alpha value is -2.86. The number of aromatic nitrogens is 1. The third-order valence-corrected chi connectivity index (χ3v) is 4.38. The number of ether oxygens (including phenoxy) is 1. The summed E-state index contributed by atoms with van der Waals surface area (Å²) in [5.74, 6) is 0.519. The van der Waals surface area contributed by atoms with Crippen LogP contribution in [-0.4, -0.2) is 30.2 Å². The number of benzene rings is 2. The zero-order chi connectivity index (χ0) is 16.9. The maximum absolute atomic E-state index is 9.67. The lowest BCUT2D eigenvalue weighted by Crippen LogP contribution is -2.11. The minimum absolute atomic E-state index is 0.104. The topological polar surface area (TPSA) is 59.1 Å². The molecule has 0 atom stereocenters. The monoisotopic (exact) mass is 339 g/mol. The van der Waals surface area contributed by atoms with Gasteiger partial charge in [-0.1, -0.05) is 30.3 Å². The van der Waals surface area contributed by atoms with Gasteiger partial charge in [0, 0.05) is 18.0 Å². The summed E-state index contributed by atoms with van der Waals surface area (Å²) in [6, 6.07) is 15.1. The summed E-state index contributed by atoms with van der Waals surface area (Å²) in [7, 11) is 3.27. The molecule has 0 fully saturated rings. The van der Waals surface area contributed by atoms with Gasteiger partial charge in [-0.2, -0.15) is 5.10 Å². The molecule has 1 N–H and O–H groups in total. The highest BCUT2D eigenvalue weighted by molar-refractivity contribution is 7.07. The molecule has 0 saturated heterocycles. The molecule has 0 aliphatic rings. The molecule has 0 saturated carbocycles. The van der Waals surface area contributed by atoms with Crippen LogP contribution in [0.2, 0.25) is 0 Å². The van der Waals surface area contributed by atoms with Gasteiger partial charge in [0.1, 0.15) is 0 Å². The fraction of sp³-hybridized carbons (Fsp3) is 0.111. The summed E-state index contributed by atoms with van der Waals surface area (Å²) < 4.78 is 6.93. The van der Waals surface area contributed by atoms with E-state index < -0.39 is 0 Å².